The maximum absolute atomic E-state index is 12.7. The maximum Gasteiger partial charge on any atom is 0.240 e. The highest BCUT2D eigenvalue weighted by Crippen LogP contribution is 2.49. The smallest absolute Gasteiger partial charge is 0.240 e. The Balaban J connectivity index is 1.42. The van der Waals surface area contributed by atoms with E-state index in [1.165, 1.54) is 11.3 Å². The van der Waals surface area contributed by atoms with Gasteiger partial charge >= 0.3 is 0 Å². The molecule has 1 saturated heterocycles. The Kier molecular flexibility index (Phi) is 3.74. The van der Waals surface area contributed by atoms with Crippen molar-refractivity contribution in [3.8, 4) is 0 Å². The van der Waals surface area contributed by atoms with Crippen molar-refractivity contribution in [1.82, 2.24) is 10.2 Å². The van der Waals surface area contributed by atoms with Crippen LogP contribution in [0.1, 0.15) is 44.9 Å². The summed E-state index contributed by atoms with van der Waals surface area (Å²) in [7, 11) is 0. The number of nitrogens with zero attached hydrogens (tertiary/aromatic N) is 1. The largest absolute Gasteiger partial charge is 0.352 e. The minimum absolute atomic E-state index is 0.0966. The van der Waals surface area contributed by atoms with Crippen LogP contribution in [0.2, 0.25) is 0 Å². The van der Waals surface area contributed by atoms with Gasteiger partial charge in [-0.05, 0) is 37.5 Å². The summed E-state index contributed by atoms with van der Waals surface area (Å²) in [6, 6.07) is 0.212. The summed E-state index contributed by atoms with van der Waals surface area (Å²) in [6.45, 7) is -0.0966. The summed E-state index contributed by atoms with van der Waals surface area (Å²) < 4.78 is 0. The van der Waals surface area contributed by atoms with Crippen molar-refractivity contribution in [3.63, 3.8) is 0 Å². The first-order valence-corrected chi connectivity index (χ1v) is 8.98. The minimum Gasteiger partial charge on any atom is -0.352 e. The molecule has 5 aliphatic rings. The Morgan fingerprint density at radius 3 is 2.04 bits per heavy atom. The quantitative estimate of drug-likeness (QED) is 0.636. The average Bonchev–Trinajstić information content (AvgIpc) is 2.84. The van der Waals surface area contributed by atoms with Gasteiger partial charge in [-0.2, -0.15) is 0 Å². The topological polar surface area (TPSA) is 66.5 Å². The number of amides is 3. The van der Waals surface area contributed by atoms with E-state index in [2.05, 4.69) is 17.5 Å². The van der Waals surface area contributed by atoms with E-state index in [1.807, 2.05) is 0 Å². The lowest BCUT2D eigenvalue weighted by molar-refractivity contribution is -0.144. The van der Waals surface area contributed by atoms with Gasteiger partial charge in [-0.25, -0.2) is 0 Å². The van der Waals surface area contributed by atoms with Crippen LogP contribution in [0.3, 0.4) is 0 Å². The number of fused-ring (bicyclic) bond motifs is 1. The number of hydrogen-bond acceptors (Lipinski definition) is 3. The molecule has 0 aromatic carbocycles. The first-order valence-electron chi connectivity index (χ1n) is 8.98. The minimum atomic E-state index is -0.214. The second-order valence-electron chi connectivity index (χ2n) is 7.51. The molecule has 3 amide bonds. The van der Waals surface area contributed by atoms with Crippen molar-refractivity contribution >= 4 is 17.7 Å². The van der Waals surface area contributed by atoms with Crippen LogP contribution >= 0.6 is 0 Å². The molecule has 1 heterocycles. The van der Waals surface area contributed by atoms with Crippen LogP contribution < -0.4 is 5.32 Å². The Hall–Kier alpha value is -1.65. The van der Waals surface area contributed by atoms with Gasteiger partial charge in [-0.1, -0.05) is 31.4 Å². The number of nitrogens with one attached hydrogen (secondary N) is 1. The molecule has 0 unspecified atom stereocenters. The molecule has 23 heavy (non-hydrogen) atoms. The third-order valence-electron chi connectivity index (χ3n) is 6.12. The van der Waals surface area contributed by atoms with E-state index in [-0.39, 0.29) is 54.0 Å². The summed E-state index contributed by atoms with van der Waals surface area (Å²) in [6.07, 6.45) is 11.7. The lowest BCUT2D eigenvalue weighted by Crippen LogP contribution is -2.45. The second-order valence-corrected chi connectivity index (χ2v) is 7.51. The molecule has 1 N–H and O–H groups in total. The molecular weight excluding hydrogens is 292 g/mol. The van der Waals surface area contributed by atoms with Gasteiger partial charge in [0.1, 0.15) is 6.54 Å². The standard InChI is InChI=1S/C18H24N2O3/c21-14(19-13-4-2-1-3-5-13)10-20-17(22)15-11-6-7-12(9-8-11)16(15)18(20)23/h6-7,11-13,15-16H,1-5,8-10H2,(H,19,21)/t11-,12-,15+,16+/m0/s1. The first kappa shape index (κ1) is 14.9. The van der Waals surface area contributed by atoms with Gasteiger partial charge in [0, 0.05) is 6.04 Å². The lowest BCUT2D eigenvalue weighted by Gasteiger charge is -2.38. The van der Waals surface area contributed by atoms with E-state index in [1.54, 1.807) is 0 Å². The molecule has 5 nitrogen and oxygen atoms in total. The molecule has 0 aromatic rings. The van der Waals surface area contributed by atoms with Crippen LogP contribution in [0.5, 0.6) is 0 Å². The molecule has 2 saturated carbocycles. The van der Waals surface area contributed by atoms with Crippen molar-refractivity contribution in [2.24, 2.45) is 23.7 Å². The molecule has 0 radical (unpaired) electrons. The van der Waals surface area contributed by atoms with Gasteiger partial charge in [-0.3, -0.25) is 19.3 Å². The van der Waals surface area contributed by atoms with Crippen molar-refractivity contribution < 1.29 is 14.4 Å². The Morgan fingerprint density at radius 1 is 0.957 bits per heavy atom. The number of hydrogen-bond donors (Lipinski definition) is 1. The van der Waals surface area contributed by atoms with E-state index < -0.39 is 0 Å². The van der Waals surface area contributed by atoms with Crippen LogP contribution in [0.4, 0.5) is 0 Å². The van der Waals surface area contributed by atoms with Gasteiger partial charge in [0.2, 0.25) is 17.7 Å². The fourth-order valence-corrected chi connectivity index (χ4v) is 4.96. The Bertz CT molecular complexity index is 533. The normalized spacial score (nSPS) is 36.4. The van der Waals surface area contributed by atoms with E-state index in [0.717, 1.165) is 38.5 Å². The Labute approximate surface area is 136 Å². The van der Waals surface area contributed by atoms with Crippen LogP contribution in [0.15, 0.2) is 12.2 Å². The van der Waals surface area contributed by atoms with E-state index >= 15 is 0 Å². The second kappa shape index (κ2) is 5.77. The van der Waals surface area contributed by atoms with E-state index in [0.29, 0.717) is 0 Å². The zero-order valence-electron chi connectivity index (χ0n) is 13.4. The summed E-state index contributed by atoms with van der Waals surface area (Å²) >= 11 is 0. The Morgan fingerprint density at radius 2 is 1.52 bits per heavy atom. The summed E-state index contributed by atoms with van der Waals surface area (Å²) in [4.78, 5) is 38.8. The number of rotatable bonds is 3. The zero-order valence-corrected chi connectivity index (χ0v) is 13.4. The van der Waals surface area contributed by atoms with Gasteiger partial charge in [0.25, 0.3) is 0 Å². The zero-order chi connectivity index (χ0) is 16.0. The third kappa shape index (κ3) is 2.50. The SMILES string of the molecule is O=C(CN1C(=O)[C@H]2[C@H](C1=O)[C@H]1C=C[C@H]2CC1)NC1CCCCC1. The molecule has 5 heteroatoms. The highest BCUT2D eigenvalue weighted by atomic mass is 16.2. The van der Waals surface area contributed by atoms with Crippen molar-refractivity contribution in [2.45, 2.75) is 51.0 Å². The van der Waals surface area contributed by atoms with Crippen LogP contribution in [-0.2, 0) is 14.4 Å². The molecule has 124 valence electrons. The molecular formula is C18H24N2O3. The van der Waals surface area contributed by atoms with Crippen LogP contribution in [0, 0.1) is 23.7 Å². The monoisotopic (exact) mass is 316 g/mol. The molecule has 4 atom stereocenters. The van der Waals surface area contributed by atoms with Crippen molar-refractivity contribution in [2.75, 3.05) is 6.54 Å². The van der Waals surface area contributed by atoms with Gasteiger partial charge in [0.15, 0.2) is 0 Å². The predicted octanol–water partition coefficient (Wildman–Crippen LogP) is 1.63. The molecule has 0 spiro atoms. The maximum atomic E-state index is 12.7. The van der Waals surface area contributed by atoms with Crippen LogP contribution in [0.25, 0.3) is 0 Å². The summed E-state index contributed by atoms with van der Waals surface area (Å²) in [5.74, 6) is -0.489. The van der Waals surface area contributed by atoms with E-state index in [4.69, 9.17) is 0 Å². The van der Waals surface area contributed by atoms with Crippen LogP contribution in [-0.4, -0.2) is 35.2 Å². The molecule has 0 aromatic heterocycles. The molecule has 1 aliphatic heterocycles. The molecule has 4 aliphatic carbocycles. The molecule has 2 bridgehead atoms. The van der Waals surface area contributed by atoms with Gasteiger partial charge < -0.3 is 5.32 Å². The number of allylic oxidation sites excluding steroid dienone is 2. The van der Waals surface area contributed by atoms with Gasteiger partial charge in [0.05, 0.1) is 11.8 Å². The lowest BCUT2D eigenvalue weighted by atomic mass is 9.63. The van der Waals surface area contributed by atoms with E-state index in [9.17, 15) is 14.4 Å². The van der Waals surface area contributed by atoms with Crippen molar-refractivity contribution in [1.29, 1.82) is 0 Å². The number of carbonyl (C=O) groups excluding carboxylic acids is 3. The fraction of sp³-hybridized carbons (Fsp3) is 0.722. The number of imide groups is 1. The highest BCUT2D eigenvalue weighted by Gasteiger charge is 2.56. The number of likely N-dealkylation sites (tertiary alicyclic amines) is 1. The molecule has 5 rings (SSSR count). The molecule has 3 fully saturated rings. The average molecular weight is 316 g/mol. The number of carbonyl (C=O) groups is 3. The fourth-order valence-electron chi connectivity index (χ4n) is 4.96. The summed E-state index contributed by atoms with van der Waals surface area (Å²) in [5.41, 5.74) is 0. The predicted molar refractivity (Wildman–Crippen MR) is 84.1 cm³/mol. The first-order chi connectivity index (χ1) is 11.1. The summed E-state index contributed by atoms with van der Waals surface area (Å²) in [5, 5.41) is 3.01. The van der Waals surface area contributed by atoms with Gasteiger partial charge in [-0.15, -0.1) is 0 Å². The third-order valence-corrected chi connectivity index (χ3v) is 6.12. The highest BCUT2D eigenvalue weighted by molar-refractivity contribution is 6.08. The van der Waals surface area contributed by atoms with Crippen molar-refractivity contribution in [3.05, 3.63) is 12.2 Å².